The quantitative estimate of drug-likeness (QED) is 0.0749. The predicted octanol–water partition coefficient (Wildman–Crippen LogP) is 10.9. The molecule has 0 aromatic carbocycles. The lowest BCUT2D eigenvalue weighted by Crippen LogP contribution is -2.18. The molecule has 0 fully saturated rings. The van der Waals surface area contributed by atoms with Gasteiger partial charge in [0.15, 0.2) is 0 Å². The van der Waals surface area contributed by atoms with Gasteiger partial charge in [0.25, 0.3) is 0 Å². The third kappa shape index (κ3) is 29.4. The number of carbonyl (C=O) groups is 2. The van der Waals surface area contributed by atoms with Crippen molar-refractivity contribution in [2.45, 2.75) is 200 Å². The van der Waals surface area contributed by atoms with Crippen molar-refractivity contribution in [3.8, 4) is 0 Å². The number of hydrogen-bond donors (Lipinski definition) is 1. The van der Waals surface area contributed by atoms with Gasteiger partial charge in [-0.2, -0.15) is 0 Å². The number of hydrogen-bond acceptors (Lipinski definition) is 3. The molecule has 1 N–H and O–H groups in total. The van der Waals surface area contributed by atoms with Crippen LogP contribution in [0.4, 0.5) is 0 Å². The van der Waals surface area contributed by atoms with E-state index in [4.69, 9.17) is 9.84 Å². The molecule has 37 heavy (non-hydrogen) atoms. The highest BCUT2D eigenvalue weighted by Gasteiger charge is 2.14. The Bertz CT molecular complexity index is 491. The molecule has 0 aliphatic carbocycles. The van der Waals surface area contributed by atoms with Crippen LogP contribution >= 0.6 is 0 Å². The molecule has 0 aliphatic rings. The fraction of sp³-hybridized carbons (Fsp3) is 0.939. The third-order valence-corrected chi connectivity index (χ3v) is 7.58. The van der Waals surface area contributed by atoms with Gasteiger partial charge in [-0.25, -0.2) is 0 Å². The molecule has 1 atom stereocenters. The second-order valence-corrected chi connectivity index (χ2v) is 11.4. The number of carboxylic acids is 1. The molecule has 220 valence electrons. The molecule has 0 saturated carbocycles. The van der Waals surface area contributed by atoms with Gasteiger partial charge in [-0.05, 0) is 38.5 Å². The van der Waals surface area contributed by atoms with Crippen molar-refractivity contribution in [3.05, 3.63) is 0 Å². The van der Waals surface area contributed by atoms with Crippen LogP contribution in [-0.2, 0) is 14.3 Å². The van der Waals surface area contributed by atoms with Gasteiger partial charge in [0.1, 0.15) is 6.10 Å². The Morgan fingerprint density at radius 2 is 0.811 bits per heavy atom. The average Bonchev–Trinajstić information content (AvgIpc) is 2.87. The van der Waals surface area contributed by atoms with Crippen LogP contribution in [0.1, 0.15) is 194 Å². The molecule has 4 nitrogen and oxygen atoms in total. The zero-order valence-electron chi connectivity index (χ0n) is 25.0. The first-order valence-corrected chi connectivity index (χ1v) is 16.5. The van der Waals surface area contributed by atoms with Gasteiger partial charge in [-0.3, -0.25) is 9.59 Å². The molecular formula is C33H64O4. The van der Waals surface area contributed by atoms with E-state index >= 15 is 0 Å². The number of aliphatic carboxylic acids is 1. The number of unbranched alkanes of at least 4 members (excludes halogenated alkanes) is 21. The fourth-order valence-corrected chi connectivity index (χ4v) is 5.13. The second kappa shape index (κ2) is 29.5. The Morgan fingerprint density at radius 1 is 0.486 bits per heavy atom. The Labute approximate surface area is 231 Å². The molecule has 0 radical (unpaired) electrons. The lowest BCUT2D eigenvalue weighted by atomic mass is 10.0. The maximum atomic E-state index is 12.5. The van der Waals surface area contributed by atoms with E-state index in [2.05, 4.69) is 13.8 Å². The van der Waals surface area contributed by atoms with Crippen LogP contribution in [0.3, 0.4) is 0 Å². The van der Waals surface area contributed by atoms with E-state index in [1.54, 1.807) is 0 Å². The van der Waals surface area contributed by atoms with Gasteiger partial charge in [-0.1, -0.05) is 142 Å². The molecule has 0 saturated heterocycles. The average molecular weight is 525 g/mol. The first kappa shape index (κ1) is 35.9. The molecule has 0 rings (SSSR count). The van der Waals surface area contributed by atoms with Crippen molar-refractivity contribution in [3.63, 3.8) is 0 Å². The van der Waals surface area contributed by atoms with Crippen molar-refractivity contribution in [2.75, 3.05) is 0 Å². The van der Waals surface area contributed by atoms with E-state index in [1.165, 1.54) is 103 Å². The second-order valence-electron chi connectivity index (χ2n) is 11.4. The summed E-state index contributed by atoms with van der Waals surface area (Å²) in [6.07, 6.45) is 32.5. The van der Waals surface area contributed by atoms with Crippen LogP contribution in [0.25, 0.3) is 0 Å². The van der Waals surface area contributed by atoms with Gasteiger partial charge in [0, 0.05) is 12.8 Å². The van der Waals surface area contributed by atoms with Crippen LogP contribution in [0.5, 0.6) is 0 Å². The van der Waals surface area contributed by atoms with Crippen LogP contribution < -0.4 is 0 Å². The summed E-state index contributed by atoms with van der Waals surface area (Å²) >= 11 is 0. The molecule has 0 bridgehead atoms. The molecule has 0 heterocycles. The minimum atomic E-state index is -0.699. The number of ether oxygens (including phenoxy) is 1. The van der Waals surface area contributed by atoms with Gasteiger partial charge < -0.3 is 9.84 Å². The summed E-state index contributed by atoms with van der Waals surface area (Å²) in [5.41, 5.74) is 0. The highest BCUT2D eigenvalue weighted by Crippen LogP contribution is 2.19. The minimum absolute atomic E-state index is 0.00137. The topological polar surface area (TPSA) is 63.6 Å². The molecule has 0 aliphatic heterocycles. The molecule has 0 amide bonds. The summed E-state index contributed by atoms with van der Waals surface area (Å²) in [5, 5.41) is 8.76. The molecule has 1 unspecified atom stereocenters. The van der Waals surface area contributed by atoms with E-state index < -0.39 is 5.97 Å². The van der Waals surface area contributed by atoms with Crippen molar-refractivity contribution in [1.82, 2.24) is 0 Å². The first-order valence-electron chi connectivity index (χ1n) is 16.5. The minimum Gasteiger partial charge on any atom is -0.481 e. The van der Waals surface area contributed by atoms with Crippen molar-refractivity contribution in [1.29, 1.82) is 0 Å². The Morgan fingerprint density at radius 3 is 1.19 bits per heavy atom. The zero-order valence-corrected chi connectivity index (χ0v) is 25.0. The molecule has 0 aromatic rings. The molecular weight excluding hydrogens is 460 g/mol. The van der Waals surface area contributed by atoms with Gasteiger partial charge in [0.2, 0.25) is 0 Å². The van der Waals surface area contributed by atoms with Crippen LogP contribution in [0.2, 0.25) is 0 Å². The summed E-state index contributed by atoms with van der Waals surface area (Å²) in [6, 6.07) is 0. The fourth-order valence-electron chi connectivity index (χ4n) is 5.13. The van der Waals surface area contributed by atoms with Crippen LogP contribution in [0.15, 0.2) is 0 Å². The number of esters is 1. The normalized spacial score (nSPS) is 12.1. The van der Waals surface area contributed by atoms with Crippen molar-refractivity contribution >= 4 is 11.9 Å². The van der Waals surface area contributed by atoms with E-state index in [-0.39, 0.29) is 18.5 Å². The summed E-state index contributed by atoms with van der Waals surface area (Å²) in [4.78, 5) is 23.1. The highest BCUT2D eigenvalue weighted by atomic mass is 16.5. The predicted molar refractivity (Wildman–Crippen MR) is 158 cm³/mol. The van der Waals surface area contributed by atoms with E-state index in [0.717, 1.165) is 64.2 Å². The first-order chi connectivity index (χ1) is 18.1. The van der Waals surface area contributed by atoms with Gasteiger partial charge >= 0.3 is 11.9 Å². The standard InChI is InChI=1S/C33H64O4/c1-3-5-7-9-11-13-15-16-19-23-27-31(28-24-20-18-21-25-29-32(34)35)37-33(36)30-26-22-17-14-12-10-8-6-4-2/h31H,3-30H2,1-2H3,(H,34,35). The highest BCUT2D eigenvalue weighted by molar-refractivity contribution is 5.69. The maximum Gasteiger partial charge on any atom is 0.306 e. The van der Waals surface area contributed by atoms with E-state index in [1.807, 2.05) is 0 Å². The van der Waals surface area contributed by atoms with Gasteiger partial charge in [0.05, 0.1) is 0 Å². The van der Waals surface area contributed by atoms with E-state index in [9.17, 15) is 9.59 Å². The van der Waals surface area contributed by atoms with Gasteiger partial charge in [-0.15, -0.1) is 0 Å². The summed E-state index contributed by atoms with van der Waals surface area (Å²) in [5.74, 6) is -0.697. The summed E-state index contributed by atoms with van der Waals surface area (Å²) < 4.78 is 5.95. The Hall–Kier alpha value is -1.06. The zero-order chi connectivity index (χ0) is 27.2. The van der Waals surface area contributed by atoms with Crippen molar-refractivity contribution < 1.29 is 19.4 Å². The maximum absolute atomic E-state index is 12.5. The lowest BCUT2D eigenvalue weighted by Gasteiger charge is -2.18. The number of rotatable bonds is 30. The largest absolute Gasteiger partial charge is 0.481 e. The monoisotopic (exact) mass is 524 g/mol. The Kier molecular flexibility index (Phi) is 28.7. The molecule has 4 heteroatoms. The summed E-state index contributed by atoms with van der Waals surface area (Å²) in [6.45, 7) is 4.52. The molecule has 0 aromatic heterocycles. The SMILES string of the molecule is CCCCCCCCCCCCC(CCCCCCCC(=O)O)OC(=O)CCCCCCCCCCC. The van der Waals surface area contributed by atoms with E-state index in [0.29, 0.717) is 6.42 Å². The van der Waals surface area contributed by atoms with Crippen LogP contribution in [-0.4, -0.2) is 23.1 Å². The summed E-state index contributed by atoms with van der Waals surface area (Å²) in [7, 11) is 0. The number of carbonyl (C=O) groups excluding carboxylic acids is 1. The third-order valence-electron chi connectivity index (χ3n) is 7.58. The lowest BCUT2D eigenvalue weighted by molar-refractivity contribution is -0.150. The molecule has 0 spiro atoms. The smallest absolute Gasteiger partial charge is 0.306 e. The van der Waals surface area contributed by atoms with Crippen LogP contribution in [0, 0.1) is 0 Å². The number of carboxylic acid groups (broad SMARTS) is 1. The Balaban J connectivity index is 4.05. The van der Waals surface area contributed by atoms with Crippen molar-refractivity contribution in [2.24, 2.45) is 0 Å².